The summed E-state index contributed by atoms with van der Waals surface area (Å²) in [6, 6.07) is 3.20. The third kappa shape index (κ3) is 4.00. The van der Waals surface area contributed by atoms with E-state index >= 15 is 0 Å². The maximum Gasteiger partial charge on any atom is 0.251 e. The zero-order valence-corrected chi connectivity index (χ0v) is 12.1. The summed E-state index contributed by atoms with van der Waals surface area (Å²) in [5, 5.41) is 2.35. The van der Waals surface area contributed by atoms with Gasteiger partial charge in [0.25, 0.3) is 5.91 Å². The molecule has 0 unspecified atom stereocenters. The first kappa shape index (κ1) is 15.6. The normalized spacial score (nSPS) is 12.3. The molecule has 0 bridgehead atoms. The van der Waals surface area contributed by atoms with Gasteiger partial charge in [0, 0.05) is 18.2 Å². The fourth-order valence-corrected chi connectivity index (χ4v) is 2.98. The lowest BCUT2D eigenvalue weighted by atomic mass is 10.1. The van der Waals surface area contributed by atoms with Crippen LogP contribution in [-0.4, -0.2) is 26.9 Å². The molecule has 1 rings (SSSR count). The number of hydrogen-bond donors (Lipinski definition) is 2. The average Bonchev–Trinajstić information content (AvgIpc) is 2.25. The fraction of sp³-hybridized carbons (Fsp3) is 0.417. The number of amides is 1. The minimum Gasteiger partial charge on any atom is -0.355 e. The van der Waals surface area contributed by atoms with Crippen LogP contribution in [0.4, 0.5) is 4.39 Å². The molecule has 0 aliphatic rings. The summed E-state index contributed by atoms with van der Waals surface area (Å²) in [6.45, 7) is 4.93. The summed E-state index contributed by atoms with van der Waals surface area (Å²) in [5.41, 5.74) is -0.660. The second kappa shape index (κ2) is 5.26. The molecule has 0 heterocycles. The molecular weight excluding hydrogens is 271 g/mol. The number of carbonyl (C=O) groups excluding carboxylic acids is 1. The Bertz CT molecular complexity index is 591. The average molecular weight is 288 g/mol. The lowest BCUT2D eigenvalue weighted by molar-refractivity contribution is 0.0963. The number of nitrogens with one attached hydrogen (secondary N) is 2. The molecule has 0 spiro atoms. The highest BCUT2D eigenvalue weighted by molar-refractivity contribution is 7.89. The summed E-state index contributed by atoms with van der Waals surface area (Å²) in [6.07, 6.45) is 0. The van der Waals surface area contributed by atoms with Crippen LogP contribution in [0.5, 0.6) is 0 Å². The predicted molar refractivity (Wildman–Crippen MR) is 69.9 cm³/mol. The van der Waals surface area contributed by atoms with Crippen molar-refractivity contribution < 1.29 is 17.6 Å². The highest BCUT2D eigenvalue weighted by atomic mass is 32.2. The predicted octanol–water partition coefficient (Wildman–Crippen LogP) is 1.26. The van der Waals surface area contributed by atoms with E-state index in [9.17, 15) is 17.6 Å². The maximum atomic E-state index is 13.7. The van der Waals surface area contributed by atoms with Crippen LogP contribution in [0.3, 0.4) is 0 Å². The Morgan fingerprint density at radius 3 is 2.32 bits per heavy atom. The molecular formula is C12H17FN2O3S. The molecule has 0 saturated carbocycles. The molecule has 19 heavy (non-hydrogen) atoms. The molecule has 5 nitrogen and oxygen atoms in total. The first-order valence-electron chi connectivity index (χ1n) is 5.62. The van der Waals surface area contributed by atoms with Gasteiger partial charge in [-0.2, -0.15) is 0 Å². The van der Waals surface area contributed by atoms with Crippen LogP contribution < -0.4 is 10.0 Å². The molecule has 0 aliphatic carbocycles. The zero-order chi connectivity index (χ0) is 14.8. The highest BCUT2D eigenvalue weighted by Gasteiger charge is 2.25. The topological polar surface area (TPSA) is 75.3 Å². The van der Waals surface area contributed by atoms with Crippen LogP contribution in [0, 0.1) is 5.82 Å². The van der Waals surface area contributed by atoms with Gasteiger partial charge in [0.15, 0.2) is 0 Å². The molecule has 0 atom stereocenters. The zero-order valence-electron chi connectivity index (χ0n) is 11.2. The van der Waals surface area contributed by atoms with Crippen LogP contribution >= 0.6 is 0 Å². The van der Waals surface area contributed by atoms with Crippen molar-refractivity contribution in [2.75, 3.05) is 7.05 Å². The number of carbonyl (C=O) groups is 1. The van der Waals surface area contributed by atoms with Crippen molar-refractivity contribution in [1.29, 1.82) is 0 Å². The molecule has 0 saturated heterocycles. The van der Waals surface area contributed by atoms with Crippen molar-refractivity contribution in [3.05, 3.63) is 29.6 Å². The molecule has 2 N–H and O–H groups in total. The lowest BCUT2D eigenvalue weighted by Gasteiger charge is -2.20. The number of benzene rings is 1. The minimum absolute atomic E-state index is 0.0817. The van der Waals surface area contributed by atoms with Gasteiger partial charge in [0.1, 0.15) is 10.7 Å². The van der Waals surface area contributed by atoms with E-state index < -0.39 is 32.2 Å². The Balaban J connectivity index is 3.30. The summed E-state index contributed by atoms with van der Waals surface area (Å²) in [7, 11) is -2.61. The monoisotopic (exact) mass is 288 g/mol. The van der Waals surface area contributed by atoms with Gasteiger partial charge in [0.2, 0.25) is 10.0 Å². The Morgan fingerprint density at radius 1 is 1.26 bits per heavy atom. The van der Waals surface area contributed by atoms with Crippen LogP contribution in [-0.2, 0) is 10.0 Å². The molecule has 1 amide bonds. The quantitative estimate of drug-likeness (QED) is 0.879. The smallest absolute Gasteiger partial charge is 0.251 e. The third-order valence-electron chi connectivity index (χ3n) is 2.15. The van der Waals surface area contributed by atoms with Crippen molar-refractivity contribution in [1.82, 2.24) is 10.0 Å². The van der Waals surface area contributed by atoms with Crippen molar-refractivity contribution in [3.8, 4) is 0 Å². The largest absolute Gasteiger partial charge is 0.355 e. The van der Waals surface area contributed by atoms with E-state index in [-0.39, 0.29) is 5.56 Å². The number of rotatable bonds is 3. The highest BCUT2D eigenvalue weighted by Crippen LogP contribution is 2.18. The number of hydrogen-bond acceptors (Lipinski definition) is 3. The Kier molecular flexibility index (Phi) is 4.32. The van der Waals surface area contributed by atoms with E-state index in [0.717, 1.165) is 12.1 Å². The third-order valence-corrected chi connectivity index (χ3v) is 3.92. The van der Waals surface area contributed by atoms with Gasteiger partial charge in [-0.15, -0.1) is 0 Å². The first-order valence-corrected chi connectivity index (χ1v) is 7.11. The van der Waals surface area contributed by atoms with Crippen molar-refractivity contribution in [2.45, 2.75) is 31.2 Å². The van der Waals surface area contributed by atoms with Crippen molar-refractivity contribution in [2.24, 2.45) is 0 Å². The van der Waals surface area contributed by atoms with Crippen molar-refractivity contribution in [3.63, 3.8) is 0 Å². The van der Waals surface area contributed by atoms with Gasteiger partial charge >= 0.3 is 0 Å². The molecule has 1 aromatic rings. The Hall–Kier alpha value is -1.47. The summed E-state index contributed by atoms with van der Waals surface area (Å²) < 4.78 is 40.1. The molecule has 0 radical (unpaired) electrons. The Labute approximate surface area is 112 Å². The van der Waals surface area contributed by atoms with E-state index in [1.54, 1.807) is 20.8 Å². The number of sulfonamides is 1. The van der Waals surface area contributed by atoms with Gasteiger partial charge in [-0.1, -0.05) is 0 Å². The van der Waals surface area contributed by atoms with E-state index in [0.29, 0.717) is 0 Å². The molecule has 0 aliphatic heterocycles. The standard InChI is InChI=1S/C12H17FN2O3S/c1-12(2,3)15-19(17,18)10-7-8(11(16)14-4)5-6-9(10)13/h5-7,15H,1-4H3,(H,14,16). The maximum absolute atomic E-state index is 13.7. The molecule has 0 fully saturated rings. The van der Waals surface area contributed by atoms with Gasteiger partial charge in [-0.05, 0) is 39.0 Å². The molecule has 1 aromatic carbocycles. The lowest BCUT2D eigenvalue weighted by Crippen LogP contribution is -2.40. The summed E-state index contributed by atoms with van der Waals surface area (Å²) in [5.74, 6) is -1.38. The van der Waals surface area contributed by atoms with Crippen LogP contribution in [0.2, 0.25) is 0 Å². The molecule has 0 aromatic heterocycles. The van der Waals surface area contributed by atoms with Gasteiger partial charge in [-0.25, -0.2) is 17.5 Å². The van der Waals surface area contributed by atoms with Crippen molar-refractivity contribution >= 4 is 15.9 Å². The minimum atomic E-state index is -4.02. The summed E-state index contributed by atoms with van der Waals surface area (Å²) >= 11 is 0. The van der Waals surface area contributed by atoms with Gasteiger partial charge in [-0.3, -0.25) is 4.79 Å². The van der Waals surface area contributed by atoms with Gasteiger partial charge in [0.05, 0.1) is 0 Å². The second-order valence-corrected chi connectivity index (χ2v) is 6.73. The van der Waals surface area contributed by atoms with E-state index in [2.05, 4.69) is 10.0 Å². The number of halogens is 1. The molecule has 106 valence electrons. The molecule has 7 heteroatoms. The first-order chi connectivity index (χ1) is 8.57. The summed E-state index contributed by atoms with van der Waals surface area (Å²) in [4.78, 5) is 10.9. The van der Waals surface area contributed by atoms with E-state index in [1.807, 2.05) is 0 Å². The van der Waals surface area contributed by atoms with Crippen LogP contribution in [0.1, 0.15) is 31.1 Å². The fourth-order valence-electron chi connectivity index (χ4n) is 1.45. The van der Waals surface area contributed by atoms with Crippen LogP contribution in [0.15, 0.2) is 23.1 Å². The van der Waals surface area contributed by atoms with Gasteiger partial charge < -0.3 is 5.32 Å². The van der Waals surface area contributed by atoms with E-state index in [4.69, 9.17) is 0 Å². The second-order valence-electron chi connectivity index (χ2n) is 5.08. The van der Waals surface area contributed by atoms with E-state index in [1.165, 1.54) is 13.1 Å². The van der Waals surface area contributed by atoms with Crippen LogP contribution in [0.25, 0.3) is 0 Å². The Morgan fingerprint density at radius 2 is 1.84 bits per heavy atom. The SMILES string of the molecule is CNC(=O)c1ccc(F)c(S(=O)(=O)NC(C)(C)C)c1.